The van der Waals surface area contributed by atoms with Crippen LogP contribution in [-0.4, -0.2) is 33.7 Å². The molecule has 6 nitrogen and oxygen atoms in total. The van der Waals surface area contributed by atoms with E-state index in [9.17, 15) is 8.42 Å². The first-order chi connectivity index (χ1) is 11.3. The summed E-state index contributed by atoms with van der Waals surface area (Å²) in [6.07, 6.45) is 3.41. The zero-order chi connectivity index (χ0) is 18.0. The molecule has 0 aliphatic rings. The lowest BCUT2D eigenvalue weighted by molar-refractivity contribution is 0.549. The molecule has 7 heteroatoms. The molecule has 0 heterocycles. The number of nitrogens with one attached hydrogen (secondary N) is 3. The van der Waals surface area contributed by atoms with E-state index in [4.69, 9.17) is 0 Å². The summed E-state index contributed by atoms with van der Waals surface area (Å²) in [5, 5.41) is 6.52. The Kier molecular flexibility index (Phi) is 8.60. The molecule has 0 amide bonds. The number of hydrogen-bond acceptors (Lipinski definition) is 3. The first-order valence-corrected chi connectivity index (χ1v) is 10.3. The Labute approximate surface area is 146 Å². The van der Waals surface area contributed by atoms with Gasteiger partial charge in [-0.15, -0.1) is 0 Å². The third-order valence-corrected chi connectivity index (χ3v) is 3.91. The van der Waals surface area contributed by atoms with Gasteiger partial charge in [-0.2, -0.15) is 0 Å². The minimum Gasteiger partial charge on any atom is -0.357 e. The van der Waals surface area contributed by atoms with E-state index in [-0.39, 0.29) is 0 Å². The van der Waals surface area contributed by atoms with Gasteiger partial charge in [-0.1, -0.05) is 32.0 Å². The van der Waals surface area contributed by atoms with Crippen LogP contribution in [0.2, 0.25) is 0 Å². The largest absolute Gasteiger partial charge is 0.357 e. The predicted octanol–water partition coefficient (Wildman–Crippen LogP) is 2.55. The van der Waals surface area contributed by atoms with Crippen molar-refractivity contribution >= 4 is 21.7 Å². The van der Waals surface area contributed by atoms with E-state index in [1.54, 1.807) is 12.1 Å². The number of rotatable bonds is 9. The van der Waals surface area contributed by atoms with Gasteiger partial charge in [0, 0.05) is 13.1 Å². The molecule has 0 fully saturated rings. The van der Waals surface area contributed by atoms with Gasteiger partial charge in [0.05, 0.1) is 18.5 Å². The summed E-state index contributed by atoms with van der Waals surface area (Å²) in [6.45, 7) is 8.49. The molecule has 0 aliphatic heterocycles. The van der Waals surface area contributed by atoms with Crippen molar-refractivity contribution in [2.45, 2.75) is 40.2 Å². The van der Waals surface area contributed by atoms with Crippen molar-refractivity contribution in [3.8, 4) is 0 Å². The highest BCUT2D eigenvalue weighted by molar-refractivity contribution is 7.92. The second-order valence-electron chi connectivity index (χ2n) is 6.19. The molecule has 136 valence electrons. The summed E-state index contributed by atoms with van der Waals surface area (Å²) in [5.74, 6) is 1.44. The Morgan fingerprint density at radius 3 is 2.54 bits per heavy atom. The third kappa shape index (κ3) is 8.76. The summed E-state index contributed by atoms with van der Waals surface area (Å²) >= 11 is 0. The highest BCUT2D eigenvalue weighted by atomic mass is 32.2. The first kappa shape index (κ1) is 20.3. The molecule has 0 aromatic heterocycles. The van der Waals surface area contributed by atoms with Crippen molar-refractivity contribution in [2.75, 3.05) is 24.1 Å². The monoisotopic (exact) mass is 354 g/mol. The highest BCUT2D eigenvalue weighted by Gasteiger charge is 2.07. The molecule has 1 rings (SSSR count). The highest BCUT2D eigenvalue weighted by Crippen LogP contribution is 2.17. The Balaban J connectivity index is 2.72. The van der Waals surface area contributed by atoms with Crippen LogP contribution in [0.3, 0.4) is 0 Å². The quantitative estimate of drug-likeness (QED) is 0.362. The SMILES string of the molecule is CCNC(=NCc1ccccc1NS(C)(=O)=O)NCCCC(C)C. The molecule has 0 radical (unpaired) electrons. The van der Waals surface area contributed by atoms with Gasteiger partial charge in [-0.3, -0.25) is 4.72 Å². The van der Waals surface area contributed by atoms with Gasteiger partial charge in [-0.25, -0.2) is 13.4 Å². The summed E-state index contributed by atoms with van der Waals surface area (Å²) in [5.41, 5.74) is 1.40. The molecule has 0 saturated heterocycles. The predicted molar refractivity (Wildman–Crippen MR) is 102 cm³/mol. The zero-order valence-electron chi connectivity index (χ0n) is 15.1. The number of sulfonamides is 1. The van der Waals surface area contributed by atoms with Crippen molar-refractivity contribution in [2.24, 2.45) is 10.9 Å². The van der Waals surface area contributed by atoms with Crippen LogP contribution in [0.1, 0.15) is 39.2 Å². The average Bonchev–Trinajstić information content (AvgIpc) is 2.48. The number of aliphatic imine (C=N–C) groups is 1. The summed E-state index contributed by atoms with van der Waals surface area (Å²) in [6, 6.07) is 7.30. The molecular formula is C17H30N4O2S. The molecule has 0 atom stereocenters. The third-order valence-electron chi connectivity index (χ3n) is 3.32. The van der Waals surface area contributed by atoms with E-state index in [1.807, 2.05) is 19.1 Å². The lowest BCUT2D eigenvalue weighted by Crippen LogP contribution is -2.37. The summed E-state index contributed by atoms with van der Waals surface area (Å²) in [4.78, 5) is 4.55. The van der Waals surface area contributed by atoms with Gasteiger partial charge in [0.25, 0.3) is 0 Å². The maximum absolute atomic E-state index is 11.5. The number of benzene rings is 1. The molecule has 1 aromatic rings. The van der Waals surface area contributed by atoms with Crippen LogP contribution in [0.5, 0.6) is 0 Å². The maximum Gasteiger partial charge on any atom is 0.229 e. The smallest absolute Gasteiger partial charge is 0.229 e. The van der Waals surface area contributed by atoms with E-state index in [2.05, 4.69) is 34.2 Å². The van der Waals surface area contributed by atoms with Gasteiger partial charge >= 0.3 is 0 Å². The lowest BCUT2D eigenvalue weighted by atomic mass is 10.1. The lowest BCUT2D eigenvalue weighted by Gasteiger charge is -2.13. The molecule has 24 heavy (non-hydrogen) atoms. The fourth-order valence-electron chi connectivity index (χ4n) is 2.18. The minimum absolute atomic E-state index is 0.401. The van der Waals surface area contributed by atoms with Crippen LogP contribution in [0.15, 0.2) is 29.3 Å². The Morgan fingerprint density at radius 2 is 1.92 bits per heavy atom. The average molecular weight is 355 g/mol. The van der Waals surface area contributed by atoms with Gasteiger partial charge in [0.15, 0.2) is 5.96 Å². The molecule has 0 aliphatic carbocycles. The fraction of sp³-hybridized carbons (Fsp3) is 0.588. The molecule has 0 saturated carbocycles. The standard InChI is InChI=1S/C17H30N4O2S/c1-5-18-17(19-12-8-9-14(2)3)20-13-15-10-6-7-11-16(15)21-24(4,22)23/h6-7,10-11,14,21H,5,8-9,12-13H2,1-4H3,(H2,18,19,20). The zero-order valence-corrected chi connectivity index (χ0v) is 15.9. The minimum atomic E-state index is -3.30. The molecule has 0 spiro atoms. The number of guanidine groups is 1. The second-order valence-corrected chi connectivity index (χ2v) is 7.94. The topological polar surface area (TPSA) is 82.6 Å². The molecule has 0 bridgehead atoms. The first-order valence-electron chi connectivity index (χ1n) is 8.39. The van der Waals surface area contributed by atoms with Crippen LogP contribution in [0, 0.1) is 5.92 Å². The van der Waals surface area contributed by atoms with Crippen molar-refractivity contribution in [1.29, 1.82) is 0 Å². The van der Waals surface area contributed by atoms with Crippen molar-refractivity contribution < 1.29 is 8.42 Å². The van der Waals surface area contributed by atoms with Crippen LogP contribution in [-0.2, 0) is 16.6 Å². The van der Waals surface area contributed by atoms with E-state index in [0.717, 1.165) is 37.3 Å². The summed E-state index contributed by atoms with van der Waals surface area (Å²) < 4.78 is 25.4. The Bertz CT molecular complexity index is 627. The van der Waals surface area contributed by atoms with E-state index in [1.165, 1.54) is 6.42 Å². The van der Waals surface area contributed by atoms with Gasteiger partial charge < -0.3 is 10.6 Å². The summed E-state index contributed by atoms with van der Waals surface area (Å²) in [7, 11) is -3.30. The number of para-hydroxylation sites is 1. The van der Waals surface area contributed by atoms with E-state index < -0.39 is 10.0 Å². The van der Waals surface area contributed by atoms with Crippen LogP contribution in [0.4, 0.5) is 5.69 Å². The number of nitrogens with zero attached hydrogens (tertiary/aromatic N) is 1. The molecule has 1 aromatic carbocycles. The van der Waals surface area contributed by atoms with Gasteiger partial charge in [-0.05, 0) is 37.3 Å². The van der Waals surface area contributed by atoms with Gasteiger partial charge in [0.2, 0.25) is 10.0 Å². The molecule has 0 unspecified atom stereocenters. The van der Waals surface area contributed by atoms with E-state index >= 15 is 0 Å². The number of hydrogen-bond donors (Lipinski definition) is 3. The second kappa shape index (κ2) is 10.2. The molecule has 3 N–H and O–H groups in total. The van der Waals surface area contributed by atoms with E-state index in [0.29, 0.717) is 18.2 Å². The normalized spacial score (nSPS) is 12.3. The Morgan fingerprint density at radius 1 is 1.21 bits per heavy atom. The number of anilines is 1. The maximum atomic E-state index is 11.5. The van der Waals surface area contributed by atoms with Crippen LogP contribution < -0.4 is 15.4 Å². The van der Waals surface area contributed by atoms with Crippen molar-refractivity contribution in [1.82, 2.24) is 10.6 Å². The Hall–Kier alpha value is -1.76. The van der Waals surface area contributed by atoms with Crippen LogP contribution >= 0.6 is 0 Å². The van der Waals surface area contributed by atoms with Gasteiger partial charge in [0.1, 0.15) is 0 Å². The van der Waals surface area contributed by atoms with Crippen molar-refractivity contribution in [3.63, 3.8) is 0 Å². The van der Waals surface area contributed by atoms with Crippen LogP contribution in [0.25, 0.3) is 0 Å². The molecular weight excluding hydrogens is 324 g/mol. The fourth-order valence-corrected chi connectivity index (χ4v) is 2.78. The van der Waals surface area contributed by atoms with Crippen molar-refractivity contribution in [3.05, 3.63) is 29.8 Å².